The third kappa shape index (κ3) is 2.81. The second-order valence-electron chi connectivity index (χ2n) is 2.99. The van der Waals surface area contributed by atoms with E-state index >= 15 is 0 Å². The minimum Gasteiger partial charge on any atom is -0.396 e. The highest BCUT2D eigenvalue weighted by Gasteiger charge is 2.18. The number of methoxy groups -OCH3 is 1. The fraction of sp³-hybridized carbons (Fsp3) is 0.444. The van der Waals surface area contributed by atoms with Crippen molar-refractivity contribution >= 4 is 39.7 Å². The molecule has 0 fully saturated rings. The molecule has 0 bridgehead atoms. The third-order valence-corrected chi connectivity index (χ3v) is 4.06. The minimum atomic E-state index is -0.488. The van der Waals surface area contributed by atoms with Crippen LogP contribution in [0, 0.1) is 0 Å². The predicted octanol–water partition coefficient (Wildman–Crippen LogP) is 1.21. The van der Waals surface area contributed by atoms with Crippen LogP contribution in [-0.4, -0.2) is 32.4 Å². The van der Waals surface area contributed by atoms with Crippen LogP contribution in [0.1, 0.15) is 9.67 Å². The van der Waals surface area contributed by atoms with Gasteiger partial charge in [0.15, 0.2) is 0 Å². The zero-order chi connectivity index (χ0) is 12.1. The summed E-state index contributed by atoms with van der Waals surface area (Å²) in [5, 5.41) is 4.04. The summed E-state index contributed by atoms with van der Waals surface area (Å²) in [7, 11) is 1.63. The van der Waals surface area contributed by atoms with Crippen LogP contribution in [0.4, 0.5) is 10.7 Å². The second-order valence-corrected chi connectivity index (χ2v) is 4.83. The number of thioether (sulfide) groups is 1. The Morgan fingerprint density at radius 3 is 2.81 bits per heavy atom. The van der Waals surface area contributed by atoms with Gasteiger partial charge in [-0.2, -0.15) is 0 Å². The molecule has 7 heteroatoms. The normalized spacial score (nSPS) is 10.4. The Morgan fingerprint density at radius 1 is 1.62 bits per heavy atom. The Labute approximate surface area is 103 Å². The van der Waals surface area contributed by atoms with Crippen LogP contribution in [0.2, 0.25) is 0 Å². The highest BCUT2D eigenvalue weighted by Crippen LogP contribution is 2.41. The molecule has 5 nitrogen and oxygen atoms in total. The third-order valence-electron chi connectivity index (χ3n) is 1.92. The Kier molecular flexibility index (Phi) is 4.91. The monoisotopic (exact) mass is 261 g/mol. The highest BCUT2D eigenvalue weighted by molar-refractivity contribution is 7.99. The van der Waals surface area contributed by atoms with Gasteiger partial charge >= 0.3 is 0 Å². The molecule has 0 unspecified atom stereocenters. The number of hydrogen-bond acceptors (Lipinski definition) is 6. The Morgan fingerprint density at radius 2 is 2.31 bits per heavy atom. The van der Waals surface area contributed by atoms with E-state index < -0.39 is 5.91 Å². The van der Waals surface area contributed by atoms with Crippen molar-refractivity contribution < 1.29 is 9.53 Å². The largest absolute Gasteiger partial charge is 0.396 e. The van der Waals surface area contributed by atoms with Crippen LogP contribution in [0.5, 0.6) is 0 Å². The van der Waals surface area contributed by atoms with Crippen LogP contribution in [0.25, 0.3) is 0 Å². The highest BCUT2D eigenvalue weighted by atomic mass is 32.2. The molecule has 0 aliphatic rings. The number of nitrogens with two attached hydrogens (primary N) is 2. The molecule has 1 aromatic rings. The van der Waals surface area contributed by atoms with E-state index in [-0.39, 0.29) is 0 Å². The lowest BCUT2D eigenvalue weighted by molar-refractivity contribution is 0.100. The molecule has 1 heterocycles. The van der Waals surface area contributed by atoms with Crippen LogP contribution in [0.15, 0.2) is 4.90 Å². The van der Waals surface area contributed by atoms with Gasteiger partial charge in [-0.05, 0) is 6.26 Å². The smallest absolute Gasteiger partial charge is 0.261 e. The topological polar surface area (TPSA) is 90.4 Å². The van der Waals surface area contributed by atoms with Crippen molar-refractivity contribution in [1.82, 2.24) is 0 Å². The molecule has 0 saturated carbocycles. The molecule has 1 amide bonds. The van der Waals surface area contributed by atoms with Gasteiger partial charge in [0, 0.05) is 13.7 Å². The zero-order valence-corrected chi connectivity index (χ0v) is 10.8. The lowest BCUT2D eigenvalue weighted by Gasteiger charge is -2.04. The van der Waals surface area contributed by atoms with Gasteiger partial charge in [-0.3, -0.25) is 4.79 Å². The number of nitrogen functional groups attached to an aromatic ring is 1. The summed E-state index contributed by atoms with van der Waals surface area (Å²) in [6.45, 7) is 1.26. The SMILES string of the molecule is COCCNc1sc(C(N)=O)c(N)c1SC. The molecule has 1 aromatic heterocycles. The molecule has 0 atom stereocenters. The van der Waals surface area contributed by atoms with Crippen molar-refractivity contribution in [3.63, 3.8) is 0 Å². The van der Waals surface area contributed by atoms with Crippen molar-refractivity contribution in [3.05, 3.63) is 4.88 Å². The van der Waals surface area contributed by atoms with E-state index in [0.29, 0.717) is 23.7 Å². The Balaban J connectivity index is 2.90. The Hall–Kier alpha value is -0.920. The van der Waals surface area contributed by atoms with Crippen LogP contribution in [0.3, 0.4) is 0 Å². The fourth-order valence-electron chi connectivity index (χ4n) is 1.20. The zero-order valence-electron chi connectivity index (χ0n) is 9.20. The van der Waals surface area contributed by atoms with E-state index in [1.807, 2.05) is 6.26 Å². The maximum Gasteiger partial charge on any atom is 0.261 e. The summed E-state index contributed by atoms with van der Waals surface area (Å²) < 4.78 is 4.93. The molecule has 5 N–H and O–H groups in total. The maximum absolute atomic E-state index is 11.1. The van der Waals surface area contributed by atoms with Gasteiger partial charge in [0.2, 0.25) is 0 Å². The van der Waals surface area contributed by atoms with Gasteiger partial charge in [-0.25, -0.2) is 0 Å². The van der Waals surface area contributed by atoms with Crippen molar-refractivity contribution in [2.45, 2.75) is 4.90 Å². The van der Waals surface area contributed by atoms with Gasteiger partial charge in [-0.1, -0.05) is 0 Å². The van der Waals surface area contributed by atoms with E-state index in [4.69, 9.17) is 16.2 Å². The molecular weight excluding hydrogens is 246 g/mol. The number of ether oxygens (including phenoxy) is 1. The summed E-state index contributed by atoms with van der Waals surface area (Å²) >= 11 is 2.77. The first-order valence-electron chi connectivity index (χ1n) is 4.60. The van der Waals surface area contributed by atoms with E-state index in [0.717, 1.165) is 9.90 Å². The first-order valence-corrected chi connectivity index (χ1v) is 6.64. The molecule has 16 heavy (non-hydrogen) atoms. The summed E-state index contributed by atoms with van der Waals surface area (Å²) in [4.78, 5) is 12.4. The second kappa shape index (κ2) is 5.97. The summed E-state index contributed by atoms with van der Waals surface area (Å²) in [6.07, 6.45) is 1.91. The lowest BCUT2D eigenvalue weighted by atomic mass is 10.4. The van der Waals surface area contributed by atoms with Gasteiger partial charge in [0.25, 0.3) is 5.91 Å². The first kappa shape index (κ1) is 13.1. The van der Waals surface area contributed by atoms with E-state index in [2.05, 4.69) is 5.32 Å². The number of carbonyl (C=O) groups is 1. The number of amides is 1. The number of nitrogens with one attached hydrogen (secondary N) is 1. The van der Waals surface area contributed by atoms with Crippen LogP contribution in [-0.2, 0) is 4.74 Å². The van der Waals surface area contributed by atoms with Crippen LogP contribution >= 0.6 is 23.1 Å². The average Bonchev–Trinajstić information content (AvgIpc) is 2.55. The maximum atomic E-state index is 11.1. The van der Waals surface area contributed by atoms with Crippen molar-refractivity contribution in [1.29, 1.82) is 0 Å². The van der Waals surface area contributed by atoms with Crippen LogP contribution < -0.4 is 16.8 Å². The number of hydrogen-bond donors (Lipinski definition) is 3. The summed E-state index contributed by atoms with van der Waals surface area (Å²) in [5.41, 5.74) is 11.5. The number of carbonyl (C=O) groups excluding carboxylic acids is 1. The van der Waals surface area contributed by atoms with Crippen molar-refractivity contribution in [2.75, 3.05) is 37.6 Å². The molecule has 1 rings (SSSR count). The number of thiophene rings is 1. The predicted molar refractivity (Wildman–Crippen MR) is 69.4 cm³/mol. The van der Waals surface area contributed by atoms with Crippen molar-refractivity contribution in [3.8, 4) is 0 Å². The van der Waals surface area contributed by atoms with Gasteiger partial charge in [0.1, 0.15) is 9.88 Å². The molecule has 0 aliphatic carbocycles. The van der Waals surface area contributed by atoms with E-state index in [1.54, 1.807) is 7.11 Å². The molecule has 0 radical (unpaired) electrons. The average molecular weight is 261 g/mol. The number of anilines is 2. The summed E-state index contributed by atoms with van der Waals surface area (Å²) in [6, 6.07) is 0. The molecule has 0 aromatic carbocycles. The molecular formula is C9H15N3O2S2. The molecule has 90 valence electrons. The minimum absolute atomic E-state index is 0.407. The first-order chi connectivity index (χ1) is 7.61. The molecule has 0 saturated heterocycles. The van der Waals surface area contributed by atoms with E-state index in [9.17, 15) is 4.79 Å². The van der Waals surface area contributed by atoms with Gasteiger partial charge in [0.05, 0.1) is 17.2 Å². The van der Waals surface area contributed by atoms with Gasteiger partial charge in [-0.15, -0.1) is 23.1 Å². The molecule has 0 aliphatic heterocycles. The summed E-state index contributed by atoms with van der Waals surface area (Å²) in [5.74, 6) is -0.488. The Bertz CT molecular complexity index is 379. The lowest BCUT2D eigenvalue weighted by Crippen LogP contribution is -2.10. The standard InChI is InChI=1S/C9H15N3O2S2/c1-14-4-3-12-9-7(15-2)5(10)6(16-9)8(11)13/h12H,3-4,10H2,1-2H3,(H2,11,13). The number of rotatable bonds is 6. The molecule has 0 spiro atoms. The van der Waals surface area contributed by atoms with Crippen molar-refractivity contribution in [2.24, 2.45) is 5.73 Å². The van der Waals surface area contributed by atoms with E-state index in [1.165, 1.54) is 23.1 Å². The number of primary amides is 1. The fourth-order valence-corrected chi connectivity index (χ4v) is 3.11. The van der Waals surface area contributed by atoms with Gasteiger partial charge < -0.3 is 21.5 Å². The quantitative estimate of drug-likeness (QED) is 0.529.